The number of carbonyl (C=O) groups is 2. The van der Waals surface area contributed by atoms with Gasteiger partial charge in [-0.3, -0.25) is 4.79 Å². The van der Waals surface area contributed by atoms with E-state index in [2.05, 4.69) is 19.7 Å². The third kappa shape index (κ3) is 2.50. The molecule has 1 aliphatic carbocycles. The molecule has 0 amide bonds. The second kappa shape index (κ2) is 5.72. The van der Waals surface area contributed by atoms with Crippen LogP contribution in [-0.4, -0.2) is 35.9 Å². The van der Waals surface area contributed by atoms with Crippen LogP contribution >= 0.6 is 0 Å². The largest absolute Gasteiger partial charge is 0.465 e. The molecule has 0 bridgehead atoms. The third-order valence-corrected chi connectivity index (χ3v) is 4.69. The van der Waals surface area contributed by atoms with E-state index in [1.165, 1.54) is 6.92 Å². The Kier molecular flexibility index (Phi) is 4.29. The lowest BCUT2D eigenvalue weighted by Gasteiger charge is -2.48. The van der Waals surface area contributed by atoms with Crippen molar-refractivity contribution in [2.75, 3.05) is 6.61 Å². The van der Waals surface area contributed by atoms with E-state index in [0.29, 0.717) is 6.42 Å². The van der Waals surface area contributed by atoms with Crippen molar-refractivity contribution in [2.45, 2.75) is 32.5 Å². The van der Waals surface area contributed by atoms with E-state index in [-0.39, 0.29) is 18.1 Å². The first-order valence-corrected chi connectivity index (χ1v) is 7.23. The highest BCUT2D eigenvalue weighted by atomic mass is 16.6. The van der Waals surface area contributed by atoms with Crippen LogP contribution in [0.15, 0.2) is 37.0 Å². The number of hydrogen-bond donors (Lipinski definition) is 1. The lowest BCUT2D eigenvalue weighted by atomic mass is 9.58. The molecule has 5 heteroatoms. The highest BCUT2D eigenvalue weighted by Gasteiger charge is 2.58. The Bertz CT molecular complexity index is 549. The van der Waals surface area contributed by atoms with Crippen molar-refractivity contribution < 1.29 is 24.2 Å². The van der Waals surface area contributed by atoms with E-state index < -0.39 is 35.5 Å². The van der Waals surface area contributed by atoms with Gasteiger partial charge in [-0.2, -0.15) is 0 Å². The summed E-state index contributed by atoms with van der Waals surface area (Å²) < 4.78 is 10.6. The minimum Gasteiger partial charge on any atom is -0.465 e. The quantitative estimate of drug-likeness (QED) is 0.487. The number of fused-ring (bicyclic) bond motifs is 1. The molecule has 0 aromatic carbocycles. The van der Waals surface area contributed by atoms with Gasteiger partial charge in [0, 0.05) is 23.8 Å². The molecule has 1 aliphatic heterocycles. The summed E-state index contributed by atoms with van der Waals surface area (Å²) in [6.45, 7) is 14.8. The number of hydrogen-bond acceptors (Lipinski definition) is 5. The summed E-state index contributed by atoms with van der Waals surface area (Å²) in [7, 11) is 0. The molecule has 2 fully saturated rings. The summed E-state index contributed by atoms with van der Waals surface area (Å²) in [6, 6.07) is 0. The van der Waals surface area contributed by atoms with Crippen LogP contribution in [0.4, 0.5) is 0 Å². The fraction of sp³-hybridized carbons (Fsp3) is 0.529. The lowest BCUT2D eigenvalue weighted by Crippen LogP contribution is -2.53. The van der Waals surface area contributed by atoms with Crippen molar-refractivity contribution in [1.29, 1.82) is 0 Å². The van der Waals surface area contributed by atoms with Gasteiger partial charge in [-0.1, -0.05) is 24.8 Å². The standard InChI is InChI=1S/C17H22O5/c1-6-17(8-21-11(5)18)7-12(19)13-10(4)16(20)22-15(13)14(17)9(2)3/h6,12-15,19H,1-2,4,7-8H2,3,5H3/t12-,13+,14+,15+,17+/m0/s1. The second-order valence-electron chi connectivity index (χ2n) is 6.23. The second-order valence-corrected chi connectivity index (χ2v) is 6.23. The van der Waals surface area contributed by atoms with Gasteiger partial charge in [-0.15, -0.1) is 6.58 Å². The summed E-state index contributed by atoms with van der Waals surface area (Å²) >= 11 is 0. The van der Waals surface area contributed by atoms with Crippen molar-refractivity contribution in [2.24, 2.45) is 17.3 Å². The Balaban J connectivity index is 2.44. The van der Waals surface area contributed by atoms with Gasteiger partial charge in [0.2, 0.25) is 0 Å². The number of ether oxygens (including phenoxy) is 2. The molecule has 0 aromatic rings. The normalized spacial score (nSPS) is 37.2. The average Bonchev–Trinajstić information content (AvgIpc) is 2.72. The van der Waals surface area contributed by atoms with Gasteiger partial charge in [-0.05, 0) is 13.3 Å². The van der Waals surface area contributed by atoms with Gasteiger partial charge in [0.15, 0.2) is 0 Å². The number of esters is 2. The number of carbonyl (C=O) groups excluding carboxylic acids is 2. The van der Waals surface area contributed by atoms with Gasteiger partial charge in [0.25, 0.3) is 0 Å². The number of aliphatic hydroxyl groups is 1. The van der Waals surface area contributed by atoms with E-state index >= 15 is 0 Å². The Labute approximate surface area is 130 Å². The fourth-order valence-electron chi connectivity index (χ4n) is 3.73. The minimum atomic E-state index is -0.812. The average molecular weight is 306 g/mol. The van der Waals surface area contributed by atoms with Gasteiger partial charge in [-0.25, -0.2) is 4.79 Å². The molecule has 2 rings (SSSR count). The van der Waals surface area contributed by atoms with Crippen molar-refractivity contribution in [3.63, 3.8) is 0 Å². The molecule has 5 atom stereocenters. The summed E-state index contributed by atoms with van der Waals surface area (Å²) in [5.74, 6) is -1.65. The highest BCUT2D eigenvalue weighted by molar-refractivity contribution is 5.91. The topological polar surface area (TPSA) is 72.8 Å². The highest BCUT2D eigenvalue weighted by Crippen LogP contribution is 2.53. The molecule has 0 unspecified atom stereocenters. The van der Waals surface area contributed by atoms with Gasteiger partial charge in [0.1, 0.15) is 12.7 Å². The molecule has 1 heterocycles. The molecule has 5 nitrogen and oxygen atoms in total. The first-order valence-electron chi connectivity index (χ1n) is 7.23. The van der Waals surface area contributed by atoms with Crippen LogP contribution in [0.3, 0.4) is 0 Å². The smallest absolute Gasteiger partial charge is 0.334 e. The van der Waals surface area contributed by atoms with Gasteiger partial charge in [0.05, 0.1) is 12.0 Å². The van der Waals surface area contributed by atoms with Crippen LogP contribution in [0.1, 0.15) is 20.3 Å². The van der Waals surface area contributed by atoms with E-state index in [1.54, 1.807) is 6.08 Å². The summed E-state index contributed by atoms with van der Waals surface area (Å²) in [6.07, 6.45) is 0.602. The Hall–Kier alpha value is -1.88. The molecule has 1 saturated carbocycles. The van der Waals surface area contributed by atoms with Crippen LogP contribution in [0.5, 0.6) is 0 Å². The van der Waals surface area contributed by atoms with Gasteiger partial charge < -0.3 is 14.6 Å². The van der Waals surface area contributed by atoms with Crippen LogP contribution in [0.25, 0.3) is 0 Å². The van der Waals surface area contributed by atoms with E-state index in [9.17, 15) is 14.7 Å². The molecule has 0 aromatic heterocycles. The van der Waals surface area contributed by atoms with Crippen LogP contribution in [0.2, 0.25) is 0 Å². The van der Waals surface area contributed by atoms with Crippen molar-refractivity contribution in [3.8, 4) is 0 Å². The minimum absolute atomic E-state index is 0.0632. The molecule has 0 spiro atoms. The number of aliphatic hydroxyl groups excluding tert-OH is 1. The lowest BCUT2D eigenvalue weighted by molar-refractivity contribution is -0.157. The zero-order valence-electron chi connectivity index (χ0n) is 13.0. The van der Waals surface area contributed by atoms with E-state index in [4.69, 9.17) is 9.47 Å². The first kappa shape index (κ1) is 16.5. The molecular formula is C17H22O5. The first-order chi connectivity index (χ1) is 10.2. The van der Waals surface area contributed by atoms with E-state index in [0.717, 1.165) is 5.57 Å². The Morgan fingerprint density at radius 2 is 2.18 bits per heavy atom. The maximum atomic E-state index is 11.8. The van der Waals surface area contributed by atoms with Crippen molar-refractivity contribution >= 4 is 11.9 Å². The monoisotopic (exact) mass is 306 g/mol. The van der Waals surface area contributed by atoms with Crippen LogP contribution < -0.4 is 0 Å². The summed E-state index contributed by atoms with van der Waals surface area (Å²) in [5.41, 5.74) is 0.355. The fourth-order valence-corrected chi connectivity index (χ4v) is 3.73. The summed E-state index contributed by atoms with van der Waals surface area (Å²) in [4.78, 5) is 23.0. The molecule has 0 radical (unpaired) electrons. The molecule has 22 heavy (non-hydrogen) atoms. The molecular weight excluding hydrogens is 284 g/mol. The van der Waals surface area contributed by atoms with Crippen molar-refractivity contribution in [3.05, 3.63) is 37.0 Å². The Morgan fingerprint density at radius 1 is 1.55 bits per heavy atom. The zero-order valence-corrected chi connectivity index (χ0v) is 13.0. The molecule has 1 saturated heterocycles. The summed E-state index contributed by atoms with van der Waals surface area (Å²) in [5, 5.41) is 10.5. The molecule has 2 aliphatic rings. The molecule has 120 valence electrons. The predicted molar refractivity (Wildman–Crippen MR) is 80.7 cm³/mol. The van der Waals surface area contributed by atoms with Gasteiger partial charge >= 0.3 is 11.9 Å². The molecule has 1 N–H and O–H groups in total. The third-order valence-electron chi connectivity index (χ3n) is 4.69. The van der Waals surface area contributed by atoms with Crippen LogP contribution in [-0.2, 0) is 19.1 Å². The number of rotatable bonds is 4. The van der Waals surface area contributed by atoms with Crippen LogP contribution in [0, 0.1) is 17.3 Å². The zero-order chi connectivity index (χ0) is 16.7. The predicted octanol–water partition coefficient (Wildman–Crippen LogP) is 1.78. The van der Waals surface area contributed by atoms with Crippen molar-refractivity contribution in [1.82, 2.24) is 0 Å². The Morgan fingerprint density at radius 3 is 2.68 bits per heavy atom. The SMILES string of the molecule is C=C[C@]1(COC(C)=O)C[C@H](O)[C@H]2C(=C)C(=O)O[C@H]2[C@H]1C(=C)C. The van der Waals surface area contributed by atoms with E-state index in [1.807, 2.05) is 6.92 Å². The maximum Gasteiger partial charge on any atom is 0.334 e. The maximum absolute atomic E-state index is 11.8.